The van der Waals surface area contributed by atoms with Crippen molar-refractivity contribution in [3.8, 4) is 0 Å². The van der Waals surface area contributed by atoms with E-state index in [0.717, 1.165) is 0 Å². The van der Waals surface area contributed by atoms with Gasteiger partial charge in [-0.15, -0.1) is 0 Å². The molecule has 8 nitrogen and oxygen atoms in total. The number of aliphatic hydroxyl groups excluding tert-OH is 2. The van der Waals surface area contributed by atoms with Gasteiger partial charge in [-0.2, -0.15) is 0 Å². The molecule has 3 N–H and O–H groups in total. The summed E-state index contributed by atoms with van der Waals surface area (Å²) in [5.74, 6) is -1.76. The molecular formula is C12H19O8P. The first-order valence-corrected chi connectivity index (χ1v) is 7.31. The summed E-state index contributed by atoms with van der Waals surface area (Å²) in [6.07, 6.45) is -3.03. The molecule has 0 aromatic carbocycles. The molecule has 0 saturated carbocycles. The van der Waals surface area contributed by atoms with E-state index in [2.05, 4.69) is 22.2 Å². The molecule has 0 spiro atoms. The van der Waals surface area contributed by atoms with Crippen LogP contribution in [0.4, 0.5) is 0 Å². The van der Waals surface area contributed by atoms with Crippen LogP contribution >= 0.6 is 7.82 Å². The van der Waals surface area contributed by atoms with Crippen LogP contribution in [0.1, 0.15) is 13.8 Å². The van der Waals surface area contributed by atoms with Crippen LogP contribution in [0.3, 0.4) is 0 Å². The highest BCUT2D eigenvalue weighted by molar-refractivity contribution is 7.47. The summed E-state index contributed by atoms with van der Waals surface area (Å²) in [5.41, 5.74) is 0.300. The van der Waals surface area contributed by atoms with Crippen LogP contribution in [0.2, 0.25) is 0 Å². The van der Waals surface area contributed by atoms with E-state index in [4.69, 9.17) is 0 Å². The van der Waals surface area contributed by atoms with Crippen molar-refractivity contribution >= 4 is 19.4 Å². The third kappa shape index (κ3) is 7.42. The van der Waals surface area contributed by atoms with Crippen LogP contribution in [0.5, 0.6) is 0 Å². The summed E-state index contributed by atoms with van der Waals surface area (Å²) in [4.78, 5) is 31.9. The third-order valence-corrected chi connectivity index (χ3v) is 3.19. The highest BCUT2D eigenvalue weighted by atomic mass is 31.2. The fourth-order valence-corrected chi connectivity index (χ4v) is 1.69. The van der Waals surface area contributed by atoms with E-state index >= 15 is 0 Å². The molecule has 0 rings (SSSR count). The van der Waals surface area contributed by atoms with E-state index in [1.807, 2.05) is 0 Å². The molecule has 0 radical (unpaired) electrons. The summed E-state index contributed by atoms with van der Waals surface area (Å²) in [7, 11) is -4.66. The first-order valence-electron chi connectivity index (χ1n) is 5.82. The zero-order valence-corrected chi connectivity index (χ0v) is 12.7. The molecule has 0 aromatic heterocycles. The van der Waals surface area contributed by atoms with Gasteiger partial charge in [-0.3, -0.25) is 18.6 Å². The lowest BCUT2D eigenvalue weighted by Crippen LogP contribution is -2.27. The van der Waals surface area contributed by atoms with E-state index < -0.39 is 44.8 Å². The number of rotatable bonds is 10. The zero-order chi connectivity index (χ0) is 16.8. The lowest BCUT2D eigenvalue weighted by molar-refractivity contribution is -0.129. The summed E-state index contributed by atoms with van der Waals surface area (Å²) in [5, 5.41) is 18.6. The van der Waals surface area contributed by atoms with E-state index in [0.29, 0.717) is 0 Å². The highest BCUT2D eigenvalue weighted by Gasteiger charge is 2.27. The molecule has 0 amide bonds. The van der Waals surface area contributed by atoms with Gasteiger partial charge in [0.2, 0.25) is 0 Å². The van der Waals surface area contributed by atoms with Crippen molar-refractivity contribution in [3.05, 3.63) is 24.3 Å². The van der Waals surface area contributed by atoms with Crippen molar-refractivity contribution in [1.82, 2.24) is 0 Å². The summed E-state index contributed by atoms with van der Waals surface area (Å²) in [6.45, 7) is 7.71. The molecule has 2 atom stereocenters. The molecule has 0 aromatic rings. The number of carbonyl (C=O) groups is 2. The summed E-state index contributed by atoms with van der Waals surface area (Å²) < 4.78 is 20.1. The Hall–Kier alpha value is -1.15. The van der Waals surface area contributed by atoms with Crippen LogP contribution < -0.4 is 0 Å². The first-order chi connectivity index (χ1) is 9.48. The summed E-state index contributed by atoms with van der Waals surface area (Å²) in [6, 6.07) is 0. The van der Waals surface area contributed by atoms with Crippen molar-refractivity contribution in [1.29, 1.82) is 0 Å². The van der Waals surface area contributed by atoms with Crippen LogP contribution in [0.25, 0.3) is 0 Å². The number of phosphoric ester groups is 1. The van der Waals surface area contributed by atoms with Gasteiger partial charge < -0.3 is 15.1 Å². The number of carbonyl (C=O) groups excluding carboxylic acids is 2. The third-order valence-electron chi connectivity index (χ3n) is 2.28. The minimum atomic E-state index is -4.66. The average Bonchev–Trinajstić information content (AvgIpc) is 2.40. The van der Waals surface area contributed by atoms with Gasteiger partial charge >= 0.3 is 7.82 Å². The van der Waals surface area contributed by atoms with Crippen molar-refractivity contribution < 1.29 is 38.3 Å². The topological polar surface area (TPSA) is 130 Å². The molecular weight excluding hydrogens is 303 g/mol. The molecule has 0 aliphatic rings. The van der Waals surface area contributed by atoms with Crippen molar-refractivity contribution in [2.24, 2.45) is 0 Å². The van der Waals surface area contributed by atoms with Gasteiger partial charge in [-0.1, -0.05) is 13.2 Å². The molecule has 0 heterocycles. The average molecular weight is 322 g/mol. The molecule has 9 heteroatoms. The minimum Gasteiger partial charge on any atom is -0.381 e. The Morgan fingerprint density at radius 2 is 1.29 bits per heavy atom. The number of hydrogen-bond acceptors (Lipinski definition) is 7. The van der Waals surface area contributed by atoms with E-state index in [9.17, 15) is 29.3 Å². The van der Waals surface area contributed by atoms with E-state index in [1.54, 1.807) is 0 Å². The largest absolute Gasteiger partial charge is 0.473 e. The molecule has 0 fully saturated rings. The quantitative estimate of drug-likeness (QED) is 0.382. The van der Waals surface area contributed by atoms with Gasteiger partial charge in [-0.25, -0.2) is 4.57 Å². The predicted octanol–water partition coefficient (Wildman–Crippen LogP) is 0.132. The zero-order valence-electron chi connectivity index (χ0n) is 11.8. The van der Waals surface area contributed by atoms with Gasteiger partial charge in [0.1, 0.15) is 25.4 Å². The molecule has 2 unspecified atom stereocenters. The molecule has 21 heavy (non-hydrogen) atoms. The van der Waals surface area contributed by atoms with E-state index in [-0.39, 0.29) is 11.1 Å². The SMILES string of the molecule is C=C(C)C(O)C(=O)COP(=O)(O)OCC(=O)C(O)C(=C)C. The summed E-state index contributed by atoms with van der Waals surface area (Å²) >= 11 is 0. The van der Waals surface area contributed by atoms with Crippen molar-refractivity contribution in [2.75, 3.05) is 13.2 Å². The maximum atomic E-state index is 11.4. The van der Waals surface area contributed by atoms with Crippen molar-refractivity contribution in [3.63, 3.8) is 0 Å². The number of ketones is 2. The Bertz CT molecular complexity index is 444. The van der Waals surface area contributed by atoms with Gasteiger partial charge in [0.25, 0.3) is 0 Å². The van der Waals surface area contributed by atoms with Crippen molar-refractivity contribution in [2.45, 2.75) is 26.1 Å². The first kappa shape index (κ1) is 19.9. The Balaban J connectivity index is 4.36. The molecule has 0 saturated heterocycles. The van der Waals surface area contributed by atoms with E-state index in [1.165, 1.54) is 13.8 Å². The monoisotopic (exact) mass is 322 g/mol. The number of aliphatic hydroxyl groups is 2. The number of phosphoric acid groups is 1. The maximum absolute atomic E-state index is 11.4. The molecule has 120 valence electrons. The van der Waals surface area contributed by atoms with Gasteiger partial charge in [-0.05, 0) is 25.0 Å². The smallest absolute Gasteiger partial charge is 0.381 e. The fourth-order valence-electron chi connectivity index (χ4n) is 1.04. The Morgan fingerprint density at radius 3 is 1.52 bits per heavy atom. The lowest BCUT2D eigenvalue weighted by Gasteiger charge is -2.14. The molecule has 0 bridgehead atoms. The second-order valence-electron chi connectivity index (χ2n) is 4.45. The fraction of sp³-hybridized carbons (Fsp3) is 0.500. The van der Waals surface area contributed by atoms with Gasteiger partial charge in [0.15, 0.2) is 11.6 Å². The lowest BCUT2D eigenvalue weighted by atomic mass is 10.1. The normalized spacial score (nSPS) is 16.6. The Kier molecular flexibility index (Phi) is 7.87. The Labute approximate surface area is 122 Å². The number of Topliss-reactive ketones (excluding diaryl/α,β-unsaturated/α-hetero) is 2. The Morgan fingerprint density at radius 1 is 1.00 bits per heavy atom. The molecule has 0 aliphatic carbocycles. The maximum Gasteiger partial charge on any atom is 0.473 e. The van der Waals surface area contributed by atoms with Gasteiger partial charge in [0, 0.05) is 0 Å². The molecule has 0 aliphatic heterocycles. The van der Waals surface area contributed by atoms with Crippen LogP contribution in [-0.4, -0.2) is 52.1 Å². The van der Waals surface area contributed by atoms with Crippen LogP contribution in [0.15, 0.2) is 24.3 Å². The highest BCUT2D eigenvalue weighted by Crippen LogP contribution is 2.43. The minimum absolute atomic E-state index is 0.150. The van der Waals surface area contributed by atoms with Gasteiger partial charge in [0.05, 0.1) is 0 Å². The predicted molar refractivity (Wildman–Crippen MR) is 73.4 cm³/mol. The second kappa shape index (κ2) is 8.33. The van der Waals surface area contributed by atoms with Crippen LogP contribution in [0, 0.1) is 0 Å². The number of hydrogen-bond donors (Lipinski definition) is 3. The second-order valence-corrected chi connectivity index (χ2v) is 5.90. The van der Waals surface area contributed by atoms with Crippen LogP contribution in [-0.2, 0) is 23.2 Å². The standard InChI is InChI=1S/C12H19O8P/c1-7(2)11(15)9(13)5-19-21(17,18)20-6-10(14)12(16)8(3)4/h11-12,15-16H,1,3,5-6H2,2,4H3,(H,17,18).